The van der Waals surface area contributed by atoms with Crippen LogP contribution < -0.4 is 9.54 Å². The van der Waals surface area contributed by atoms with Crippen LogP contribution in [0.3, 0.4) is 0 Å². The third-order valence-electron chi connectivity index (χ3n) is 4.52. The normalized spacial score (nSPS) is 12.4. The summed E-state index contributed by atoms with van der Waals surface area (Å²) < 4.78 is 32.5. The van der Waals surface area contributed by atoms with Crippen molar-refractivity contribution < 1.29 is 17.9 Å². The molecule has 0 aliphatic rings. The minimum Gasteiger partial charge on any atom is -0.492 e. The third-order valence-corrected chi connectivity index (χ3v) is 7.31. The number of aromatic nitrogens is 1. The maximum Gasteiger partial charge on any atom is 0.252 e. The molecule has 1 aromatic heterocycles. The summed E-state index contributed by atoms with van der Waals surface area (Å²) >= 11 is 1.45. The van der Waals surface area contributed by atoms with Gasteiger partial charge in [-0.3, -0.25) is 4.79 Å². The van der Waals surface area contributed by atoms with E-state index in [1.165, 1.54) is 11.3 Å². The minimum absolute atomic E-state index is 0.0489. The first kappa shape index (κ1) is 21.3. The summed E-state index contributed by atoms with van der Waals surface area (Å²) in [4.78, 5) is 17.8. The standard InChI is InChI=1S/C21H24N2O4S2/c1-4-23-20-17(27-5-2)8-7-9-18(20)28-21(23)22-19(24)14-15-10-12-16(13-11-15)29(25,26)6-3/h7-13H,4-6,14H2,1-3H3. The van der Waals surface area contributed by atoms with Gasteiger partial charge in [-0.25, -0.2) is 8.42 Å². The molecule has 0 spiro atoms. The molecule has 0 radical (unpaired) electrons. The van der Waals surface area contributed by atoms with Crippen molar-refractivity contribution in [2.24, 2.45) is 4.99 Å². The number of rotatable bonds is 7. The van der Waals surface area contributed by atoms with Gasteiger partial charge in [0.25, 0.3) is 5.91 Å². The fraction of sp³-hybridized carbons (Fsp3) is 0.333. The molecular weight excluding hydrogens is 408 g/mol. The van der Waals surface area contributed by atoms with Gasteiger partial charge in [-0.2, -0.15) is 4.99 Å². The van der Waals surface area contributed by atoms with Crippen molar-refractivity contribution >= 4 is 37.3 Å². The number of ether oxygens (including phenoxy) is 1. The lowest BCUT2D eigenvalue weighted by Crippen LogP contribution is -2.17. The number of carbonyl (C=O) groups is 1. The average molecular weight is 433 g/mol. The van der Waals surface area contributed by atoms with Crippen LogP contribution >= 0.6 is 11.3 Å². The van der Waals surface area contributed by atoms with Gasteiger partial charge in [0.05, 0.1) is 28.4 Å². The molecule has 1 amide bonds. The second-order valence-corrected chi connectivity index (χ2v) is 9.68. The van der Waals surface area contributed by atoms with Gasteiger partial charge in [-0.1, -0.05) is 36.5 Å². The molecule has 2 aromatic carbocycles. The number of nitrogens with zero attached hydrogens (tertiary/aromatic N) is 2. The summed E-state index contributed by atoms with van der Waals surface area (Å²) in [6.07, 6.45) is 0.114. The number of sulfone groups is 1. The Balaban J connectivity index is 1.91. The molecule has 1 heterocycles. The first-order chi connectivity index (χ1) is 13.9. The molecule has 0 atom stereocenters. The number of hydrogen-bond donors (Lipinski definition) is 0. The Bertz CT molecular complexity index is 1190. The van der Waals surface area contributed by atoms with Gasteiger partial charge in [0.2, 0.25) is 0 Å². The van der Waals surface area contributed by atoms with E-state index in [0.29, 0.717) is 18.0 Å². The summed E-state index contributed by atoms with van der Waals surface area (Å²) in [5, 5.41) is 0. The van der Waals surface area contributed by atoms with Crippen LogP contribution in [0.25, 0.3) is 10.2 Å². The van der Waals surface area contributed by atoms with Gasteiger partial charge in [0, 0.05) is 6.54 Å². The van der Waals surface area contributed by atoms with Crippen molar-refractivity contribution in [2.45, 2.75) is 38.6 Å². The molecule has 0 aliphatic carbocycles. The number of benzene rings is 2. The van der Waals surface area contributed by atoms with Crippen molar-refractivity contribution in [3.05, 3.63) is 52.8 Å². The Morgan fingerprint density at radius 1 is 1.10 bits per heavy atom. The Labute approximate surface area is 174 Å². The zero-order valence-corrected chi connectivity index (χ0v) is 18.3. The highest BCUT2D eigenvalue weighted by molar-refractivity contribution is 7.91. The molecule has 29 heavy (non-hydrogen) atoms. The minimum atomic E-state index is -3.25. The Kier molecular flexibility index (Phi) is 6.54. The van der Waals surface area contributed by atoms with E-state index < -0.39 is 9.84 Å². The summed E-state index contributed by atoms with van der Waals surface area (Å²) in [5.41, 5.74) is 1.68. The van der Waals surface area contributed by atoms with Crippen molar-refractivity contribution in [1.82, 2.24) is 4.57 Å². The second kappa shape index (κ2) is 8.92. The molecule has 6 nitrogen and oxygen atoms in total. The van der Waals surface area contributed by atoms with Crippen LogP contribution in [0.5, 0.6) is 5.75 Å². The van der Waals surface area contributed by atoms with E-state index in [9.17, 15) is 13.2 Å². The molecule has 154 valence electrons. The smallest absolute Gasteiger partial charge is 0.252 e. The lowest BCUT2D eigenvalue weighted by molar-refractivity contribution is -0.117. The maximum absolute atomic E-state index is 12.6. The number of para-hydroxylation sites is 1. The SMILES string of the molecule is CCOc1cccc2sc(=NC(=O)Cc3ccc(S(=O)(=O)CC)cc3)n(CC)c12. The van der Waals surface area contributed by atoms with Gasteiger partial charge >= 0.3 is 0 Å². The van der Waals surface area contributed by atoms with E-state index in [2.05, 4.69) is 4.99 Å². The van der Waals surface area contributed by atoms with Crippen LogP contribution in [-0.4, -0.2) is 31.3 Å². The van der Waals surface area contributed by atoms with Gasteiger partial charge in [0.15, 0.2) is 14.6 Å². The quantitative estimate of drug-likeness (QED) is 0.572. The largest absolute Gasteiger partial charge is 0.492 e. The molecule has 0 saturated heterocycles. The summed E-state index contributed by atoms with van der Waals surface area (Å²) in [5.74, 6) is 0.556. The molecule has 3 aromatic rings. The van der Waals surface area contributed by atoms with E-state index in [1.807, 2.05) is 36.6 Å². The fourth-order valence-corrected chi connectivity index (χ4v) is 5.06. The first-order valence-electron chi connectivity index (χ1n) is 9.54. The molecule has 0 fully saturated rings. The number of fused-ring (bicyclic) bond motifs is 1. The molecular formula is C21H24N2O4S2. The maximum atomic E-state index is 12.6. The van der Waals surface area contributed by atoms with Gasteiger partial charge in [-0.15, -0.1) is 0 Å². The van der Waals surface area contributed by atoms with Gasteiger partial charge < -0.3 is 9.30 Å². The molecule has 0 bridgehead atoms. The number of aryl methyl sites for hydroxylation is 1. The highest BCUT2D eigenvalue weighted by Gasteiger charge is 2.13. The zero-order valence-electron chi connectivity index (χ0n) is 16.7. The second-order valence-electron chi connectivity index (χ2n) is 6.39. The molecule has 0 saturated carbocycles. The number of carbonyl (C=O) groups excluding carboxylic acids is 1. The van der Waals surface area contributed by atoms with Crippen LogP contribution in [0.4, 0.5) is 0 Å². The van der Waals surface area contributed by atoms with Crippen molar-refractivity contribution in [1.29, 1.82) is 0 Å². The predicted octanol–water partition coefficient (Wildman–Crippen LogP) is 3.59. The number of thiazole rings is 1. The first-order valence-corrected chi connectivity index (χ1v) is 12.0. The molecule has 8 heteroatoms. The average Bonchev–Trinajstić information content (AvgIpc) is 3.06. The lowest BCUT2D eigenvalue weighted by Gasteiger charge is -2.07. The van der Waals surface area contributed by atoms with Crippen molar-refractivity contribution in [3.63, 3.8) is 0 Å². The van der Waals surface area contributed by atoms with Gasteiger partial charge in [0.1, 0.15) is 11.3 Å². The highest BCUT2D eigenvalue weighted by Crippen LogP contribution is 2.27. The number of amides is 1. The van der Waals surface area contributed by atoms with E-state index in [-0.39, 0.29) is 23.0 Å². The predicted molar refractivity (Wildman–Crippen MR) is 115 cm³/mol. The van der Waals surface area contributed by atoms with Crippen molar-refractivity contribution in [2.75, 3.05) is 12.4 Å². The molecule has 0 aliphatic heterocycles. The van der Waals surface area contributed by atoms with Crippen molar-refractivity contribution in [3.8, 4) is 5.75 Å². The Morgan fingerprint density at radius 3 is 2.45 bits per heavy atom. The fourth-order valence-electron chi connectivity index (χ4n) is 3.05. The van der Waals surface area contributed by atoms with Crippen LogP contribution in [0.15, 0.2) is 52.4 Å². The Morgan fingerprint density at radius 2 is 1.83 bits per heavy atom. The summed E-state index contributed by atoms with van der Waals surface area (Å²) in [7, 11) is -3.25. The van der Waals surface area contributed by atoms with E-state index in [0.717, 1.165) is 21.5 Å². The van der Waals surface area contributed by atoms with Crippen LogP contribution in [0, 0.1) is 0 Å². The summed E-state index contributed by atoms with van der Waals surface area (Å²) in [6, 6.07) is 12.3. The molecule has 0 N–H and O–H groups in total. The van der Waals surface area contributed by atoms with Crippen LogP contribution in [0.1, 0.15) is 26.3 Å². The molecule has 0 unspecified atom stereocenters. The highest BCUT2D eigenvalue weighted by atomic mass is 32.2. The van der Waals surface area contributed by atoms with Crippen LogP contribution in [0.2, 0.25) is 0 Å². The zero-order chi connectivity index (χ0) is 21.0. The van der Waals surface area contributed by atoms with E-state index in [1.54, 1.807) is 31.2 Å². The van der Waals surface area contributed by atoms with E-state index in [4.69, 9.17) is 4.74 Å². The van der Waals surface area contributed by atoms with Crippen LogP contribution in [-0.2, 0) is 27.6 Å². The lowest BCUT2D eigenvalue weighted by atomic mass is 10.1. The Hall–Kier alpha value is -2.45. The van der Waals surface area contributed by atoms with E-state index >= 15 is 0 Å². The third kappa shape index (κ3) is 4.59. The molecule has 3 rings (SSSR count). The van der Waals surface area contributed by atoms with Gasteiger partial charge in [-0.05, 0) is 43.7 Å². The summed E-state index contributed by atoms with van der Waals surface area (Å²) in [6.45, 7) is 6.78. The number of hydrogen-bond acceptors (Lipinski definition) is 5. The topological polar surface area (TPSA) is 77.7 Å². The monoisotopic (exact) mass is 432 g/mol.